The van der Waals surface area contributed by atoms with E-state index in [-0.39, 0.29) is 0 Å². The lowest BCUT2D eigenvalue weighted by molar-refractivity contribution is 1.63. The monoisotopic (exact) mass is 312 g/mol. The first-order chi connectivity index (χ1) is 4.20. The number of hydrogen-bond acceptors (Lipinski definition) is 0. The molecule has 0 saturated heterocycles. The fraction of sp³-hybridized carbons (Fsp3) is 0. The zero-order valence-corrected chi connectivity index (χ0v) is 10.7. The molecule has 0 nitrogen and oxygen atoms in total. The lowest BCUT2D eigenvalue weighted by Gasteiger charge is -1.95. The Balaban J connectivity index is 3.17. The Morgan fingerprint density at radius 1 is 1.44 bits per heavy atom. The Bertz CT molecular complexity index is 224. The second kappa shape index (κ2) is 3.16. The van der Waals surface area contributed by atoms with Crippen LogP contribution in [0.5, 0.6) is 0 Å². The highest BCUT2D eigenvalue weighted by Crippen LogP contribution is 2.15. The van der Waals surface area contributed by atoms with E-state index in [4.69, 9.17) is 0 Å². The van der Waals surface area contributed by atoms with Gasteiger partial charge in [-0.3, -0.25) is 0 Å². The van der Waals surface area contributed by atoms with Crippen LogP contribution in [0.1, 0.15) is 0 Å². The van der Waals surface area contributed by atoms with Gasteiger partial charge >= 0.3 is 0 Å². The minimum Gasteiger partial charge on any atom is -0.0696 e. The van der Waals surface area contributed by atoms with Gasteiger partial charge in [0.2, 0.25) is 0 Å². The minimum absolute atomic E-state index is 1.14. The Morgan fingerprint density at radius 3 is 2.56 bits per heavy atom. The maximum atomic E-state index is 3.46. The summed E-state index contributed by atoms with van der Waals surface area (Å²) in [4.78, 5) is 0. The van der Waals surface area contributed by atoms with Crippen molar-refractivity contribution in [3.05, 3.63) is 26.2 Å². The molecule has 0 aliphatic rings. The van der Waals surface area contributed by atoms with Gasteiger partial charge in [0.15, 0.2) is 0 Å². The molecule has 0 spiro atoms. The summed E-state index contributed by atoms with van der Waals surface area (Å²) in [6, 6.07) is 6.47. The van der Waals surface area contributed by atoms with Crippen LogP contribution in [0.4, 0.5) is 0 Å². The average molecular weight is 313 g/mol. The van der Waals surface area contributed by atoms with Gasteiger partial charge in [-0.1, -0.05) is 11.3 Å². The van der Waals surface area contributed by atoms with E-state index in [1.54, 1.807) is 0 Å². The van der Waals surface area contributed by atoms with E-state index < -0.39 is 0 Å². The molecule has 1 aromatic carbocycles. The summed E-state index contributed by atoms with van der Waals surface area (Å²) in [5, 5.41) is 1.43. The van der Waals surface area contributed by atoms with Gasteiger partial charge in [-0.15, -0.1) is 0 Å². The molecule has 0 heterocycles. The van der Waals surface area contributed by atoms with Crippen molar-refractivity contribution in [2.45, 2.75) is 0 Å². The zero-order chi connectivity index (χ0) is 6.85. The summed E-state index contributed by atoms with van der Waals surface area (Å²) in [5.41, 5.74) is 0. The molecule has 0 bridgehead atoms. The zero-order valence-electron chi connectivity index (χ0n) is 4.99. The standard InChI is InChI=1S/C6H6BrISi/c7-5-3-4(9)1-2-6(5)8/h1-3H,9H3. The molecule has 0 unspecified atom stereocenters. The third-order valence-corrected chi connectivity index (χ3v) is 4.04. The summed E-state index contributed by atoms with van der Waals surface area (Å²) in [7, 11) is 1.14. The smallest absolute Gasteiger partial charge is 0.0385 e. The fourth-order valence-electron chi connectivity index (χ4n) is 0.601. The lowest BCUT2D eigenvalue weighted by Crippen LogP contribution is -2.00. The van der Waals surface area contributed by atoms with Crippen molar-refractivity contribution in [3.8, 4) is 0 Å². The summed E-state index contributed by atoms with van der Waals surface area (Å²) in [6.07, 6.45) is 0. The van der Waals surface area contributed by atoms with Crippen LogP contribution in [0.2, 0.25) is 0 Å². The molecule has 0 saturated carbocycles. The van der Waals surface area contributed by atoms with Gasteiger partial charge in [-0.2, -0.15) is 0 Å². The summed E-state index contributed by atoms with van der Waals surface area (Å²) < 4.78 is 2.50. The van der Waals surface area contributed by atoms with E-state index in [1.807, 2.05) is 0 Å². The van der Waals surface area contributed by atoms with Crippen LogP contribution in [-0.2, 0) is 0 Å². The van der Waals surface area contributed by atoms with E-state index >= 15 is 0 Å². The van der Waals surface area contributed by atoms with E-state index in [0.717, 1.165) is 10.2 Å². The Labute approximate surface area is 79.7 Å². The van der Waals surface area contributed by atoms with E-state index in [1.165, 1.54) is 13.2 Å². The van der Waals surface area contributed by atoms with Gasteiger partial charge in [0, 0.05) is 18.3 Å². The molecule has 48 valence electrons. The Morgan fingerprint density at radius 2 is 2.11 bits per heavy atom. The first-order valence-corrected chi connectivity index (χ1v) is 5.49. The van der Waals surface area contributed by atoms with Crippen molar-refractivity contribution in [3.63, 3.8) is 0 Å². The SMILES string of the molecule is [SiH3]c1ccc(I)c(Br)c1. The molecule has 0 aliphatic heterocycles. The number of benzene rings is 1. The molecule has 0 N–H and O–H groups in total. The maximum Gasteiger partial charge on any atom is 0.0385 e. The van der Waals surface area contributed by atoms with Crippen molar-refractivity contribution in [2.75, 3.05) is 0 Å². The van der Waals surface area contributed by atoms with Gasteiger partial charge < -0.3 is 0 Å². The molecule has 3 heteroatoms. The molecule has 0 aliphatic carbocycles. The van der Waals surface area contributed by atoms with Crippen molar-refractivity contribution in [1.29, 1.82) is 0 Å². The van der Waals surface area contributed by atoms with Gasteiger partial charge in [0.05, 0.1) is 0 Å². The van der Waals surface area contributed by atoms with Gasteiger partial charge in [-0.25, -0.2) is 0 Å². The van der Waals surface area contributed by atoms with Gasteiger partial charge in [-0.05, 0) is 50.7 Å². The molecular formula is C6H6BrISi. The van der Waals surface area contributed by atoms with Gasteiger partial charge in [0.1, 0.15) is 0 Å². The van der Waals surface area contributed by atoms with E-state index in [0.29, 0.717) is 0 Å². The van der Waals surface area contributed by atoms with Crippen molar-refractivity contribution < 1.29 is 0 Å². The van der Waals surface area contributed by atoms with E-state index in [2.05, 4.69) is 56.7 Å². The van der Waals surface area contributed by atoms with Crippen LogP contribution in [0.15, 0.2) is 22.7 Å². The second-order valence-corrected chi connectivity index (χ2v) is 5.09. The van der Waals surface area contributed by atoms with Gasteiger partial charge in [0.25, 0.3) is 0 Å². The van der Waals surface area contributed by atoms with Crippen LogP contribution >= 0.6 is 38.5 Å². The Kier molecular flexibility index (Phi) is 2.72. The Hall–Kier alpha value is 0.647. The summed E-state index contributed by atoms with van der Waals surface area (Å²) in [5.74, 6) is 0. The largest absolute Gasteiger partial charge is 0.0696 e. The highest BCUT2D eigenvalue weighted by Gasteiger charge is 1.92. The molecule has 0 radical (unpaired) electrons. The average Bonchev–Trinajstić information content (AvgIpc) is 1.80. The molecule has 1 aromatic rings. The third kappa shape index (κ3) is 2.05. The first-order valence-electron chi connectivity index (χ1n) is 2.62. The molecule has 9 heavy (non-hydrogen) atoms. The molecule has 1 rings (SSSR count). The summed E-state index contributed by atoms with van der Waals surface area (Å²) in [6.45, 7) is 0. The predicted octanol–water partition coefficient (Wildman–Crippen LogP) is 1.04. The van der Waals surface area contributed by atoms with Crippen LogP contribution in [0.3, 0.4) is 0 Å². The summed E-state index contributed by atoms with van der Waals surface area (Å²) >= 11 is 5.77. The molecule has 0 aromatic heterocycles. The predicted molar refractivity (Wildman–Crippen MR) is 56.4 cm³/mol. The van der Waals surface area contributed by atoms with Crippen LogP contribution in [0.25, 0.3) is 0 Å². The third-order valence-electron chi connectivity index (χ3n) is 1.08. The first kappa shape index (κ1) is 7.75. The van der Waals surface area contributed by atoms with E-state index in [9.17, 15) is 0 Å². The number of hydrogen-bond donors (Lipinski definition) is 0. The topological polar surface area (TPSA) is 0 Å². The molecule has 0 amide bonds. The molecule has 0 atom stereocenters. The normalized spacial score (nSPS) is 10.0. The van der Waals surface area contributed by atoms with Crippen LogP contribution in [0, 0.1) is 3.57 Å². The minimum atomic E-state index is 1.14. The van der Waals surface area contributed by atoms with Crippen LogP contribution in [-0.4, -0.2) is 10.2 Å². The lowest BCUT2D eigenvalue weighted by atomic mass is 10.4. The quantitative estimate of drug-likeness (QED) is 0.496. The van der Waals surface area contributed by atoms with Crippen LogP contribution < -0.4 is 5.19 Å². The van der Waals surface area contributed by atoms with Crippen molar-refractivity contribution in [2.24, 2.45) is 0 Å². The highest BCUT2D eigenvalue weighted by atomic mass is 127. The fourth-order valence-corrected chi connectivity index (χ4v) is 2.31. The van der Waals surface area contributed by atoms with Crippen molar-refractivity contribution in [1.82, 2.24) is 0 Å². The maximum absolute atomic E-state index is 3.46. The highest BCUT2D eigenvalue weighted by molar-refractivity contribution is 14.1. The number of rotatable bonds is 0. The number of halogens is 2. The second-order valence-electron chi connectivity index (χ2n) is 1.92. The van der Waals surface area contributed by atoms with Crippen molar-refractivity contribution >= 4 is 54.0 Å². The molecular weight excluding hydrogens is 307 g/mol. The molecule has 0 fully saturated rings.